The van der Waals surface area contributed by atoms with Crippen LogP contribution in [0.4, 0.5) is 0 Å². The van der Waals surface area contributed by atoms with Crippen LogP contribution in [0.3, 0.4) is 0 Å². The van der Waals surface area contributed by atoms with Crippen molar-refractivity contribution in [3.63, 3.8) is 0 Å². The molecule has 2 aliphatic rings. The Kier molecular flexibility index (Phi) is 9.73. The minimum atomic E-state index is 0. The third-order valence-corrected chi connectivity index (χ3v) is 5.97. The molecular weight excluding hydrogens is 389 g/mol. The van der Waals surface area contributed by atoms with Crippen molar-refractivity contribution in [1.82, 2.24) is 15.2 Å². The van der Waals surface area contributed by atoms with Crippen LogP contribution in [0, 0.1) is 0 Å². The van der Waals surface area contributed by atoms with Crippen LogP contribution < -0.4 is 5.32 Å². The SMILES string of the molecule is Cl.Cl.c1cncc(C2CNCc3cc(CCCCN4CCCCC4)ccc32)c1. The van der Waals surface area contributed by atoms with E-state index in [4.69, 9.17) is 0 Å². The Morgan fingerprint density at radius 2 is 1.89 bits per heavy atom. The van der Waals surface area contributed by atoms with Crippen molar-refractivity contribution in [2.75, 3.05) is 26.2 Å². The number of unbranched alkanes of at least 4 members (excludes halogenated alkanes) is 1. The molecule has 0 amide bonds. The van der Waals surface area contributed by atoms with Crippen molar-refractivity contribution >= 4 is 24.8 Å². The fourth-order valence-electron chi connectivity index (χ4n) is 4.50. The molecule has 1 N–H and O–H groups in total. The molecule has 0 aliphatic carbocycles. The molecule has 2 aromatic rings. The first kappa shape index (κ1) is 23.2. The summed E-state index contributed by atoms with van der Waals surface area (Å²) in [4.78, 5) is 6.96. The van der Waals surface area contributed by atoms with Gasteiger partial charge in [-0.25, -0.2) is 0 Å². The van der Waals surface area contributed by atoms with E-state index in [2.05, 4.69) is 39.5 Å². The maximum atomic E-state index is 4.31. The van der Waals surface area contributed by atoms with Crippen LogP contribution in [0.1, 0.15) is 60.3 Å². The Hall–Kier alpha value is -1.13. The number of benzene rings is 1. The fraction of sp³-hybridized carbons (Fsp3) is 0.522. The second kappa shape index (κ2) is 11.8. The quantitative estimate of drug-likeness (QED) is 0.667. The van der Waals surface area contributed by atoms with Crippen LogP contribution in [-0.2, 0) is 13.0 Å². The highest BCUT2D eigenvalue weighted by Gasteiger charge is 2.21. The zero-order valence-corrected chi connectivity index (χ0v) is 18.2. The summed E-state index contributed by atoms with van der Waals surface area (Å²) in [5.74, 6) is 0.431. The first-order valence-electron chi connectivity index (χ1n) is 10.3. The largest absolute Gasteiger partial charge is 0.312 e. The first-order chi connectivity index (χ1) is 12.9. The topological polar surface area (TPSA) is 28.2 Å². The van der Waals surface area contributed by atoms with Gasteiger partial charge in [0.25, 0.3) is 0 Å². The average molecular weight is 422 g/mol. The van der Waals surface area contributed by atoms with E-state index in [1.807, 2.05) is 18.5 Å². The van der Waals surface area contributed by atoms with Gasteiger partial charge in [0, 0.05) is 31.4 Å². The van der Waals surface area contributed by atoms with Gasteiger partial charge in [-0.05, 0) is 80.1 Å². The van der Waals surface area contributed by atoms with Gasteiger partial charge in [-0.2, -0.15) is 0 Å². The lowest BCUT2D eigenvalue weighted by molar-refractivity contribution is 0.225. The number of nitrogens with zero attached hydrogens (tertiary/aromatic N) is 2. The maximum absolute atomic E-state index is 4.31. The lowest BCUT2D eigenvalue weighted by atomic mass is 9.85. The van der Waals surface area contributed by atoms with E-state index in [0.717, 1.165) is 13.1 Å². The average Bonchev–Trinajstić information content (AvgIpc) is 2.72. The number of nitrogens with one attached hydrogen (secondary N) is 1. The van der Waals surface area contributed by atoms with Crippen molar-refractivity contribution in [1.29, 1.82) is 0 Å². The minimum Gasteiger partial charge on any atom is -0.312 e. The molecule has 2 aliphatic heterocycles. The summed E-state index contributed by atoms with van der Waals surface area (Å²) in [6.45, 7) is 5.93. The Bertz CT molecular complexity index is 702. The van der Waals surface area contributed by atoms with E-state index in [-0.39, 0.29) is 24.8 Å². The number of fused-ring (bicyclic) bond motifs is 1. The van der Waals surface area contributed by atoms with E-state index in [1.165, 1.54) is 80.4 Å². The third-order valence-electron chi connectivity index (χ3n) is 5.97. The fourth-order valence-corrected chi connectivity index (χ4v) is 4.50. The number of aromatic nitrogens is 1. The highest BCUT2D eigenvalue weighted by molar-refractivity contribution is 5.85. The lowest BCUT2D eigenvalue weighted by Gasteiger charge is -2.27. The summed E-state index contributed by atoms with van der Waals surface area (Å²) in [6, 6.07) is 11.4. The Balaban J connectivity index is 0.00000140. The van der Waals surface area contributed by atoms with Gasteiger partial charge in [-0.15, -0.1) is 24.8 Å². The molecule has 3 nitrogen and oxygen atoms in total. The van der Waals surface area contributed by atoms with Gasteiger partial charge in [0.2, 0.25) is 0 Å². The van der Waals surface area contributed by atoms with Gasteiger partial charge < -0.3 is 10.2 Å². The zero-order chi connectivity index (χ0) is 17.6. The Labute approximate surface area is 182 Å². The standard InChI is InChI=1S/C23H31N3.2ClH/c1-3-12-26(13-4-1)14-5-2-7-19-9-10-22-21(15-19)17-25-18-23(22)20-8-6-11-24-16-20;;/h6,8-11,15-16,23,25H,1-5,7,12-14,17-18H2;2*1H. The van der Waals surface area contributed by atoms with E-state index in [0.29, 0.717) is 5.92 Å². The molecule has 0 bridgehead atoms. The molecule has 1 aromatic heterocycles. The number of likely N-dealkylation sites (tertiary alicyclic amines) is 1. The number of hydrogen-bond acceptors (Lipinski definition) is 3. The van der Waals surface area contributed by atoms with E-state index in [9.17, 15) is 0 Å². The van der Waals surface area contributed by atoms with Gasteiger partial charge >= 0.3 is 0 Å². The Morgan fingerprint density at radius 3 is 2.68 bits per heavy atom. The molecule has 4 rings (SSSR count). The molecule has 154 valence electrons. The molecule has 1 aromatic carbocycles. The van der Waals surface area contributed by atoms with E-state index in [1.54, 1.807) is 0 Å². The summed E-state index contributed by atoms with van der Waals surface area (Å²) in [7, 11) is 0. The first-order valence-corrected chi connectivity index (χ1v) is 10.3. The van der Waals surface area contributed by atoms with Crippen molar-refractivity contribution < 1.29 is 0 Å². The zero-order valence-electron chi connectivity index (χ0n) is 16.6. The summed E-state index contributed by atoms with van der Waals surface area (Å²) in [5, 5.41) is 3.59. The molecule has 0 saturated carbocycles. The van der Waals surface area contributed by atoms with Crippen LogP contribution in [0.25, 0.3) is 0 Å². The van der Waals surface area contributed by atoms with Crippen molar-refractivity contribution in [2.24, 2.45) is 0 Å². The minimum absolute atomic E-state index is 0. The van der Waals surface area contributed by atoms with Crippen LogP contribution in [0.5, 0.6) is 0 Å². The van der Waals surface area contributed by atoms with Gasteiger partial charge in [-0.1, -0.05) is 30.7 Å². The second-order valence-electron chi connectivity index (χ2n) is 7.86. The van der Waals surface area contributed by atoms with Crippen LogP contribution in [-0.4, -0.2) is 36.1 Å². The maximum Gasteiger partial charge on any atom is 0.0306 e. The second-order valence-corrected chi connectivity index (χ2v) is 7.86. The molecule has 0 spiro atoms. The third kappa shape index (κ3) is 5.93. The van der Waals surface area contributed by atoms with Crippen LogP contribution >= 0.6 is 24.8 Å². The molecule has 28 heavy (non-hydrogen) atoms. The molecule has 5 heteroatoms. The van der Waals surface area contributed by atoms with Gasteiger partial charge in [0.1, 0.15) is 0 Å². The smallest absolute Gasteiger partial charge is 0.0306 e. The summed E-state index contributed by atoms with van der Waals surface area (Å²) >= 11 is 0. The van der Waals surface area contributed by atoms with Gasteiger partial charge in [-0.3, -0.25) is 4.98 Å². The molecule has 3 heterocycles. The predicted molar refractivity (Wildman–Crippen MR) is 122 cm³/mol. The highest BCUT2D eigenvalue weighted by atomic mass is 35.5. The molecule has 0 radical (unpaired) electrons. The number of hydrogen-bond donors (Lipinski definition) is 1. The Morgan fingerprint density at radius 1 is 1.04 bits per heavy atom. The van der Waals surface area contributed by atoms with Crippen LogP contribution in [0.15, 0.2) is 42.7 Å². The van der Waals surface area contributed by atoms with E-state index < -0.39 is 0 Å². The molecule has 1 atom stereocenters. The number of piperidine rings is 1. The normalized spacial score (nSPS) is 19.2. The molecular formula is C23H33Cl2N3. The number of halogens is 2. The van der Waals surface area contributed by atoms with Crippen molar-refractivity contribution in [2.45, 2.75) is 51.0 Å². The molecule has 1 fully saturated rings. The van der Waals surface area contributed by atoms with E-state index >= 15 is 0 Å². The monoisotopic (exact) mass is 421 g/mol. The summed E-state index contributed by atoms with van der Waals surface area (Å²) < 4.78 is 0. The predicted octanol–water partition coefficient (Wildman–Crippen LogP) is 4.97. The van der Waals surface area contributed by atoms with Gasteiger partial charge in [0.15, 0.2) is 0 Å². The lowest BCUT2D eigenvalue weighted by Crippen LogP contribution is -2.30. The summed E-state index contributed by atoms with van der Waals surface area (Å²) in [5.41, 5.74) is 5.76. The van der Waals surface area contributed by atoms with Crippen LogP contribution in [0.2, 0.25) is 0 Å². The van der Waals surface area contributed by atoms with Crippen molar-refractivity contribution in [3.8, 4) is 0 Å². The number of rotatable bonds is 6. The van der Waals surface area contributed by atoms with Gasteiger partial charge in [0.05, 0.1) is 0 Å². The molecule has 1 saturated heterocycles. The highest BCUT2D eigenvalue weighted by Crippen LogP contribution is 2.30. The number of pyridine rings is 1. The summed E-state index contributed by atoms with van der Waals surface area (Å²) in [6.07, 6.45) is 11.9. The number of aryl methyl sites for hydroxylation is 1. The molecule has 1 unspecified atom stereocenters. The van der Waals surface area contributed by atoms with Crippen molar-refractivity contribution in [3.05, 3.63) is 65.0 Å².